The van der Waals surface area contributed by atoms with Gasteiger partial charge in [0.05, 0.1) is 23.2 Å². The minimum absolute atomic E-state index is 0.199. The number of halogens is 2. The summed E-state index contributed by atoms with van der Waals surface area (Å²) in [5, 5.41) is 5.31. The molecule has 0 aliphatic heterocycles. The minimum Gasteiger partial charge on any atom is -0.352 e. The van der Waals surface area contributed by atoms with E-state index >= 15 is 0 Å². The number of rotatable bonds is 9. The number of amides is 2. The van der Waals surface area contributed by atoms with Crippen LogP contribution in [-0.2, 0) is 14.8 Å². The largest absolute Gasteiger partial charge is 0.352 e. The van der Waals surface area contributed by atoms with Crippen LogP contribution < -0.4 is 14.9 Å². The topological polar surface area (TPSA) is 95.6 Å². The average molecular weight is 454 g/mol. The molecule has 2 amide bonds. The molecule has 0 heterocycles. The van der Waals surface area contributed by atoms with Crippen LogP contribution in [-0.4, -0.2) is 39.1 Å². The van der Waals surface area contributed by atoms with Crippen molar-refractivity contribution in [1.82, 2.24) is 5.32 Å². The third-order valence-electron chi connectivity index (χ3n) is 4.49. The summed E-state index contributed by atoms with van der Waals surface area (Å²) < 4.78 is 52.3. The molecule has 31 heavy (non-hydrogen) atoms. The average Bonchev–Trinajstić information content (AvgIpc) is 2.70. The van der Waals surface area contributed by atoms with E-state index in [1.54, 1.807) is 12.1 Å². The molecule has 0 aliphatic carbocycles. The van der Waals surface area contributed by atoms with Crippen molar-refractivity contribution in [2.24, 2.45) is 0 Å². The van der Waals surface area contributed by atoms with Gasteiger partial charge < -0.3 is 10.6 Å². The van der Waals surface area contributed by atoms with Gasteiger partial charge in [0, 0.05) is 12.6 Å². The standard InChI is InChI=1S/C21H25F2N3O4S/c1-4-5-12-24-21(28)16-8-6-7-9-19(16)25-20(27)14(2)26(31(3,29)30)15-10-11-17(22)18(23)13-15/h6-11,13-14H,4-5,12H2,1-3H3,(H,24,28)(H,25,27)/t14-/m1/s1. The lowest BCUT2D eigenvalue weighted by atomic mass is 10.1. The van der Waals surface area contributed by atoms with E-state index in [-0.39, 0.29) is 22.8 Å². The van der Waals surface area contributed by atoms with Crippen LogP contribution in [0.1, 0.15) is 37.0 Å². The lowest BCUT2D eigenvalue weighted by molar-refractivity contribution is -0.116. The Morgan fingerprint density at radius 2 is 1.77 bits per heavy atom. The van der Waals surface area contributed by atoms with Gasteiger partial charge in [-0.05, 0) is 37.6 Å². The lowest BCUT2D eigenvalue weighted by Gasteiger charge is -2.28. The first-order chi connectivity index (χ1) is 14.6. The molecule has 7 nitrogen and oxygen atoms in total. The summed E-state index contributed by atoms with van der Waals surface area (Å²) in [6.45, 7) is 3.77. The lowest BCUT2D eigenvalue weighted by Crippen LogP contribution is -2.45. The number of hydrogen-bond acceptors (Lipinski definition) is 4. The number of anilines is 2. The molecule has 0 spiro atoms. The highest BCUT2D eigenvalue weighted by atomic mass is 32.2. The summed E-state index contributed by atoms with van der Waals surface area (Å²) in [6.07, 6.45) is 2.56. The van der Waals surface area contributed by atoms with Gasteiger partial charge in [0.2, 0.25) is 15.9 Å². The smallest absolute Gasteiger partial charge is 0.253 e. The number of sulfonamides is 1. The van der Waals surface area contributed by atoms with E-state index in [1.165, 1.54) is 19.1 Å². The second kappa shape index (κ2) is 10.3. The van der Waals surface area contributed by atoms with Crippen molar-refractivity contribution < 1.29 is 26.8 Å². The number of carbonyl (C=O) groups excluding carboxylic acids is 2. The van der Waals surface area contributed by atoms with E-state index in [1.807, 2.05) is 6.92 Å². The third kappa shape index (κ3) is 6.24. The molecule has 2 aromatic rings. The molecule has 2 rings (SSSR count). The molecule has 0 saturated carbocycles. The first-order valence-electron chi connectivity index (χ1n) is 9.68. The van der Waals surface area contributed by atoms with Crippen molar-refractivity contribution in [3.63, 3.8) is 0 Å². The zero-order valence-electron chi connectivity index (χ0n) is 17.5. The maximum absolute atomic E-state index is 13.7. The van der Waals surface area contributed by atoms with Crippen molar-refractivity contribution in [2.75, 3.05) is 22.4 Å². The van der Waals surface area contributed by atoms with Crippen molar-refractivity contribution in [1.29, 1.82) is 0 Å². The van der Waals surface area contributed by atoms with Gasteiger partial charge in [0.1, 0.15) is 6.04 Å². The molecule has 1 atom stereocenters. The molecule has 168 valence electrons. The summed E-state index contributed by atoms with van der Waals surface area (Å²) in [4.78, 5) is 25.3. The van der Waals surface area contributed by atoms with Crippen LogP contribution in [0.25, 0.3) is 0 Å². The van der Waals surface area contributed by atoms with Gasteiger partial charge in [-0.1, -0.05) is 25.5 Å². The van der Waals surface area contributed by atoms with Gasteiger partial charge in [-0.25, -0.2) is 17.2 Å². The Morgan fingerprint density at radius 3 is 2.39 bits per heavy atom. The van der Waals surface area contributed by atoms with Gasteiger partial charge >= 0.3 is 0 Å². The van der Waals surface area contributed by atoms with E-state index in [0.29, 0.717) is 16.9 Å². The summed E-state index contributed by atoms with van der Waals surface area (Å²) in [7, 11) is -4.02. The Hall–Kier alpha value is -3.01. The van der Waals surface area contributed by atoms with E-state index in [4.69, 9.17) is 0 Å². The van der Waals surface area contributed by atoms with Crippen LogP contribution in [0, 0.1) is 11.6 Å². The van der Waals surface area contributed by atoms with Crippen LogP contribution in [0.3, 0.4) is 0 Å². The molecule has 0 aliphatic rings. The van der Waals surface area contributed by atoms with Crippen LogP contribution in [0.5, 0.6) is 0 Å². The predicted octanol–water partition coefficient (Wildman–Crippen LogP) is 3.29. The molecule has 2 N–H and O–H groups in total. The van der Waals surface area contributed by atoms with Crippen LogP contribution in [0.4, 0.5) is 20.2 Å². The van der Waals surface area contributed by atoms with E-state index in [0.717, 1.165) is 31.2 Å². The normalized spacial score (nSPS) is 12.2. The number of hydrogen-bond donors (Lipinski definition) is 2. The SMILES string of the molecule is CCCCNC(=O)c1ccccc1NC(=O)[C@@H](C)N(c1ccc(F)c(F)c1)S(C)(=O)=O. The Kier molecular flexibility index (Phi) is 8.09. The molecular formula is C21H25F2N3O4S. The summed E-state index contributed by atoms with van der Waals surface area (Å²) in [6, 6.07) is 7.55. The van der Waals surface area contributed by atoms with Crippen molar-refractivity contribution in [3.05, 3.63) is 59.7 Å². The van der Waals surface area contributed by atoms with Crippen molar-refractivity contribution in [2.45, 2.75) is 32.7 Å². The van der Waals surface area contributed by atoms with Gasteiger partial charge in [-0.15, -0.1) is 0 Å². The number of unbranched alkanes of at least 4 members (excludes halogenated alkanes) is 1. The van der Waals surface area contributed by atoms with Crippen LogP contribution >= 0.6 is 0 Å². The maximum Gasteiger partial charge on any atom is 0.253 e. The number of benzene rings is 2. The highest BCUT2D eigenvalue weighted by Gasteiger charge is 2.30. The van der Waals surface area contributed by atoms with Crippen LogP contribution in [0.15, 0.2) is 42.5 Å². The summed E-state index contributed by atoms with van der Waals surface area (Å²) >= 11 is 0. The first-order valence-corrected chi connectivity index (χ1v) is 11.5. The highest BCUT2D eigenvalue weighted by molar-refractivity contribution is 7.92. The van der Waals surface area contributed by atoms with Crippen molar-refractivity contribution >= 4 is 33.2 Å². The van der Waals surface area contributed by atoms with Gasteiger partial charge in [0.25, 0.3) is 5.91 Å². The Labute approximate surface area is 180 Å². The monoisotopic (exact) mass is 453 g/mol. The third-order valence-corrected chi connectivity index (χ3v) is 5.73. The molecule has 0 radical (unpaired) electrons. The quantitative estimate of drug-likeness (QED) is 0.570. The Morgan fingerprint density at radius 1 is 1.10 bits per heavy atom. The minimum atomic E-state index is -4.02. The molecule has 2 aromatic carbocycles. The molecule has 10 heteroatoms. The van der Waals surface area contributed by atoms with Gasteiger partial charge in [-0.2, -0.15) is 0 Å². The highest BCUT2D eigenvalue weighted by Crippen LogP contribution is 2.24. The van der Waals surface area contributed by atoms with E-state index < -0.39 is 33.6 Å². The summed E-state index contributed by atoms with van der Waals surface area (Å²) in [5.41, 5.74) is 0.222. The fourth-order valence-electron chi connectivity index (χ4n) is 2.93. The van der Waals surface area contributed by atoms with Gasteiger partial charge in [0.15, 0.2) is 11.6 Å². The first kappa shape index (κ1) is 24.3. The second-order valence-electron chi connectivity index (χ2n) is 6.98. The Balaban J connectivity index is 2.29. The molecule has 0 unspecified atom stereocenters. The second-order valence-corrected chi connectivity index (χ2v) is 8.84. The zero-order chi connectivity index (χ0) is 23.2. The zero-order valence-corrected chi connectivity index (χ0v) is 18.3. The van der Waals surface area contributed by atoms with Gasteiger partial charge in [-0.3, -0.25) is 13.9 Å². The fourth-order valence-corrected chi connectivity index (χ4v) is 4.10. The molecule has 0 aromatic heterocycles. The van der Waals surface area contributed by atoms with Crippen LogP contribution in [0.2, 0.25) is 0 Å². The van der Waals surface area contributed by atoms with E-state index in [9.17, 15) is 26.8 Å². The number of carbonyl (C=O) groups is 2. The molecule has 0 fully saturated rings. The Bertz CT molecular complexity index is 1060. The van der Waals surface area contributed by atoms with E-state index in [2.05, 4.69) is 10.6 Å². The number of nitrogens with zero attached hydrogens (tertiary/aromatic N) is 1. The fraction of sp³-hybridized carbons (Fsp3) is 0.333. The summed E-state index contributed by atoms with van der Waals surface area (Å²) in [5.74, 6) is -3.51. The predicted molar refractivity (Wildman–Crippen MR) is 115 cm³/mol. The molecule has 0 bridgehead atoms. The van der Waals surface area contributed by atoms with Crippen molar-refractivity contribution in [3.8, 4) is 0 Å². The number of nitrogens with one attached hydrogen (secondary N) is 2. The number of para-hydroxylation sites is 1. The maximum atomic E-state index is 13.7. The molecule has 0 saturated heterocycles. The molecular weight excluding hydrogens is 428 g/mol.